The number of hydrogen-bond donors (Lipinski definition) is 3. The van der Waals surface area contributed by atoms with Crippen LogP contribution in [0.3, 0.4) is 0 Å². The molecule has 31 heavy (non-hydrogen) atoms. The molecule has 6 nitrogen and oxygen atoms in total. The normalized spacial score (nSPS) is 11.3. The fourth-order valence-electron chi connectivity index (χ4n) is 3.44. The van der Waals surface area contributed by atoms with Crippen LogP contribution in [0.1, 0.15) is 16.1 Å². The quantitative estimate of drug-likeness (QED) is 0.280. The summed E-state index contributed by atoms with van der Waals surface area (Å²) in [6.07, 6.45) is 1.61. The van der Waals surface area contributed by atoms with Crippen molar-refractivity contribution >= 4 is 50.5 Å². The zero-order valence-electron chi connectivity index (χ0n) is 15.6. The van der Waals surface area contributed by atoms with Crippen molar-refractivity contribution in [1.29, 1.82) is 0 Å². The summed E-state index contributed by atoms with van der Waals surface area (Å²) in [6.45, 7) is 0. The van der Waals surface area contributed by atoms with Crippen LogP contribution in [0.4, 0.5) is 0 Å². The molecule has 3 N–H and O–H groups in total. The highest BCUT2D eigenvalue weighted by Crippen LogP contribution is 2.45. The summed E-state index contributed by atoms with van der Waals surface area (Å²) < 4.78 is 2.16. The lowest BCUT2D eigenvalue weighted by Gasteiger charge is -2.09. The third-order valence-corrected chi connectivity index (χ3v) is 6.42. The number of para-hydroxylation sites is 1. The molecule has 0 aliphatic heterocycles. The fraction of sp³-hybridized carbons (Fsp3) is 0. The number of nitrogens with zero attached hydrogens (tertiary/aromatic N) is 2. The van der Waals surface area contributed by atoms with Crippen LogP contribution < -0.4 is 0 Å². The van der Waals surface area contributed by atoms with Gasteiger partial charge in [-0.2, -0.15) is 0 Å². The average Bonchev–Trinajstić information content (AvgIpc) is 3.48. The SMILES string of the molecule is O=C(c1ccc[nH]1)c1c(O)c(O)n(-c2nc3c(Cl)cccc3s2)c1-c1ccc(Cl)cc1. The molecule has 154 valence electrons. The molecule has 0 saturated carbocycles. The highest BCUT2D eigenvalue weighted by molar-refractivity contribution is 7.21. The van der Waals surface area contributed by atoms with E-state index >= 15 is 0 Å². The molecular weight excluding hydrogens is 457 g/mol. The predicted octanol–water partition coefficient (Wildman–Crippen LogP) is 6.03. The summed E-state index contributed by atoms with van der Waals surface area (Å²) >= 11 is 13.6. The summed E-state index contributed by atoms with van der Waals surface area (Å²) in [5, 5.41) is 23.0. The highest BCUT2D eigenvalue weighted by atomic mass is 35.5. The molecule has 0 unspecified atom stereocenters. The van der Waals surface area contributed by atoms with E-state index in [2.05, 4.69) is 9.97 Å². The van der Waals surface area contributed by atoms with Gasteiger partial charge >= 0.3 is 0 Å². The van der Waals surface area contributed by atoms with Crippen molar-refractivity contribution in [3.8, 4) is 28.0 Å². The maximum absolute atomic E-state index is 13.2. The highest BCUT2D eigenvalue weighted by Gasteiger charge is 2.31. The van der Waals surface area contributed by atoms with Gasteiger partial charge in [0, 0.05) is 11.2 Å². The molecule has 2 aromatic carbocycles. The largest absolute Gasteiger partial charge is 0.503 e. The third kappa shape index (κ3) is 3.18. The first-order valence-electron chi connectivity index (χ1n) is 9.11. The number of aromatic amines is 1. The molecule has 3 aromatic heterocycles. The van der Waals surface area contributed by atoms with Gasteiger partial charge in [0.25, 0.3) is 0 Å². The molecule has 0 atom stereocenters. The Morgan fingerprint density at radius 1 is 1.03 bits per heavy atom. The third-order valence-electron chi connectivity index (χ3n) is 4.86. The van der Waals surface area contributed by atoms with Crippen molar-refractivity contribution in [3.63, 3.8) is 0 Å². The fourth-order valence-corrected chi connectivity index (χ4v) is 4.84. The lowest BCUT2D eigenvalue weighted by molar-refractivity contribution is 0.103. The lowest BCUT2D eigenvalue weighted by atomic mass is 10.0. The van der Waals surface area contributed by atoms with Gasteiger partial charge in [-0.1, -0.05) is 52.7 Å². The van der Waals surface area contributed by atoms with Crippen LogP contribution in [0.2, 0.25) is 10.0 Å². The van der Waals surface area contributed by atoms with Gasteiger partial charge in [0.05, 0.1) is 26.7 Å². The molecule has 0 spiro atoms. The van der Waals surface area contributed by atoms with Gasteiger partial charge < -0.3 is 15.2 Å². The number of ketones is 1. The van der Waals surface area contributed by atoms with Gasteiger partial charge in [0.2, 0.25) is 11.7 Å². The van der Waals surface area contributed by atoms with E-state index in [-0.39, 0.29) is 11.3 Å². The number of rotatable bonds is 4. The summed E-state index contributed by atoms with van der Waals surface area (Å²) in [5.41, 5.74) is 1.65. The van der Waals surface area contributed by atoms with Crippen molar-refractivity contribution in [1.82, 2.24) is 14.5 Å². The first kappa shape index (κ1) is 19.7. The van der Waals surface area contributed by atoms with Gasteiger partial charge in [0.1, 0.15) is 5.52 Å². The maximum atomic E-state index is 13.2. The van der Waals surface area contributed by atoms with Crippen LogP contribution in [-0.2, 0) is 0 Å². The van der Waals surface area contributed by atoms with E-state index in [0.29, 0.717) is 32.0 Å². The molecular formula is C22H13Cl2N3O3S. The Morgan fingerprint density at radius 3 is 2.48 bits per heavy atom. The first-order chi connectivity index (χ1) is 15.0. The molecule has 9 heteroatoms. The summed E-state index contributed by atoms with van der Waals surface area (Å²) in [4.78, 5) is 20.6. The Morgan fingerprint density at radius 2 is 1.81 bits per heavy atom. The Balaban J connectivity index is 1.83. The zero-order chi connectivity index (χ0) is 21.7. The average molecular weight is 470 g/mol. The van der Waals surface area contributed by atoms with E-state index in [4.69, 9.17) is 23.2 Å². The molecule has 0 saturated heterocycles. The van der Waals surface area contributed by atoms with E-state index < -0.39 is 17.4 Å². The Hall–Kier alpha value is -3.26. The van der Waals surface area contributed by atoms with Crippen molar-refractivity contribution in [2.24, 2.45) is 0 Å². The number of carbonyl (C=O) groups excluding carboxylic acids is 1. The van der Waals surface area contributed by atoms with E-state index in [9.17, 15) is 15.0 Å². The number of carbonyl (C=O) groups is 1. The van der Waals surface area contributed by atoms with Gasteiger partial charge in [-0.15, -0.1) is 0 Å². The second-order valence-corrected chi connectivity index (χ2v) is 8.59. The number of benzene rings is 2. The maximum Gasteiger partial charge on any atom is 0.242 e. The van der Waals surface area contributed by atoms with Crippen LogP contribution in [0.5, 0.6) is 11.6 Å². The van der Waals surface area contributed by atoms with Crippen LogP contribution in [-0.4, -0.2) is 30.5 Å². The Labute approximate surface area is 189 Å². The molecule has 0 aliphatic rings. The Bertz CT molecular complexity index is 1440. The summed E-state index contributed by atoms with van der Waals surface area (Å²) in [5.74, 6) is -1.49. The molecule has 0 fully saturated rings. The van der Waals surface area contributed by atoms with Crippen molar-refractivity contribution in [2.75, 3.05) is 0 Å². The standard InChI is InChI=1S/C22H13Cl2N3O3S/c23-12-8-6-11(7-9-12)18-16(19(28)14-4-2-10-25-14)20(29)21(30)27(18)22-26-17-13(24)3-1-5-15(17)31-22/h1-10,25,29-30H. The number of aromatic hydroxyl groups is 2. The number of H-pyrrole nitrogens is 1. The van der Waals surface area contributed by atoms with Gasteiger partial charge in [0.15, 0.2) is 10.9 Å². The van der Waals surface area contributed by atoms with Crippen LogP contribution in [0.25, 0.3) is 26.6 Å². The lowest BCUT2D eigenvalue weighted by Crippen LogP contribution is -2.05. The second-order valence-electron chi connectivity index (χ2n) is 6.73. The molecule has 0 radical (unpaired) electrons. The van der Waals surface area contributed by atoms with Gasteiger partial charge in [-0.05, 0) is 42.0 Å². The smallest absolute Gasteiger partial charge is 0.242 e. The minimum atomic E-state index is -0.532. The number of hydrogen-bond acceptors (Lipinski definition) is 5. The molecule has 0 aliphatic carbocycles. The number of aromatic nitrogens is 3. The molecule has 0 bridgehead atoms. The van der Waals surface area contributed by atoms with Crippen molar-refractivity contribution in [3.05, 3.63) is 82.1 Å². The number of thiazole rings is 1. The molecule has 5 rings (SSSR count). The van der Waals surface area contributed by atoms with Gasteiger partial charge in [-0.3, -0.25) is 9.36 Å². The van der Waals surface area contributed by atoms with Crippen molar-refractivity contribution < 1.29 is 15.0 Å². The minimum absolute atomic E-state index is 0.0485. The molecule has 3 heterocycles. The topological polar surface area (TPSA) is 91.1 Å². The zero-order valence-corrected chi connectivity index (χ0v) is 18.0. The van der Waals surface area contributed by atoms with E-state index in [1.165, 1.54) is 15.9 Å². The minimum Gasteiger partial charge on any atom is -0.503 e. The second kappa shape index (κ2) is 7.46. The van der Waals surface area contributed by atoms with Crippen LogP contribution >= 0.6 is 34.5 Å². The van der Waals surface area contributed by atoms with E-state index in [1.807, 2.05) is 6.07 Å². The van der Waals surface area contributed by atoms with Crippen LogP contribution in [0, 0.1) is 0 Å². The van der Waals surface area contributed by atoms with Gasteiger partial charge in [-0.25, -0.2) is 4.98 Å². The number of halogens is 2. The van der Waals surface area contributed by atoms with Crippen molar-refractivity contribution in [2.45, 2.75) is 0 Å². The summed E-state index contributed by atoms with van der Waals surface area (Å²) in [6, 6.07) is 15.4. The number of nitrogens with one attached hydrogen (secondary N) is 1. The van der Waals surface area contributed by atoms with E-state index in [1.54, 1.807) is 54.7 Å². The molecule has 5 aromatic rings. The Kier molecular flexibility index (Phi) is 4.74. The van der Waals surface area contributed by atoms with Crippen LogP contribution in [0.15, 0.2) is 60.8 Å². The molecule has 0 amide bonds. The first-order valence-corrected chi connectivity index (χ1v) is 10.7. The predicted molar refractivity (Wildman–Crippen MR) is 122 cm³/mol. The summed E-state index contributed by atoms with van der Waals surface area (Å²) in [7, 11) is 0. The van der Waals surface area contributed by atoms with E-state index in [0.717, 1.165) is 4.70 Å². The number of fused-ring (bicyclic) bond motifs is 1. The monoisotopic (exact) mass is 469 g/mol.